The van der Waals surface area contributed by atoms with Crippen LogP contribution in [0.25, 0.3) is 0 Å². The highest BCUT2D eigenvalue weighted by Crippen LogP contribution is 2.23. The zero-order valence-corrected chi connectivity index (χ0v) is 19.4. The molecule has 168 valence electrons. The summed E-state index contributed by atoms with van der Waals surface area (Å²) in [6.07, 6.45) is 7.53. The molecule has 1 aromatic heterocycles. The first-order chi connectivity index (χ1) is 15.0. The monoisotopic (exact) mass is 444 g/mol. The number of nitrogens with zero attached hydrogens (tertiary/aromatic N) is 3. The van der Waals surface area contributed by atoms with E-state index in [9.17, 15) is 9.59 Å². The lowest BCUT2D eigenvalue weighted by atomic mass is 9.97. The molecule has 2 unspecified atom stereocenters. The van der Waals surface area contributed by atoms with E-state index in [4.69, 9.17) is 4.74 Å². The minimum atomic E-state index is -0.241. The van der Waals surface area contributed by atoms with E-state index in [2.05, 4.69) is 36.3 Å². The molecule has 0 aliphatic carbocycles. The van der Waals surface area contributed by atoms with Gasteiger partial charge in [-0.15, -0.1) is 10.2 Å². The molecule has 2 heterocycles. The summed E-state index contributed by atoms with van der Waals surface area (Å²) in [5.41, 5.74) is 0.500. The van der Waals surface area contributed by atoms with Crippen LogP contribution >= 0.6 is 11.3 Å². The van der Waals surface area contributed by atoms with Gasteiger partial charge >= 0.3 is 0 Å². The number of aromatic nitrogens is 2. The van der Waals surface area contributed by atoms with Gasteiger partial charge in [0, 0.05) is 24.1 Å². The number of nitrogens with one attached hydrogen (secondary N) is 1. The predicted molar refractivity (Wildman–Crippen MR) is 123 cm³/mol. The molecule has 0 spiro atoms. The van der Waals surface area contributed by atoms with Gasteiger partial charge in [-0.1, -0.05) is 31.1 Å². The Hall–Kier alpha value is -2.48. The van der Waals surface area contributed by atoms with Crippen molar-refractivity contribution in [2.75, 3.05) is 11.9 Å². The molecule has 31 heavy (non-hydrogen) atoms. The van der Waals surface area contributed by atoms with Crippen LogP contribution in [0.5, 0.6) is 5.75 Å². The number of hydrogen-bond acceptors (Lipinski definition) is 6. The first-order valence-electron chi connectivity index (χ1n) is 11.2. The van der Waals surface area contributed by atoms with E-state index < -0.39 is 0 Å². The van der Waals surface area contributed by atoms with Gasteiger partial charge < -0.3 is 9.64 Å². The summed E-state index contributed by atoms with van der Waals surface area (Å²) in [4.78, 5) is 27.0. The second-order valence-electron chi connectivity index (χ2n) is 8.16. The Kier molecular flexibility index (Phi) is 8.40. The highest BCUT2D eigenvalue weighted by atomic mass is 32.1. The number of likely N-dealkylation sites (tertiary alicyclic amines) is 1. The van der Waals surface area contributed by atoms with Crippen LogP contribution in [0.1, 0.15) is 74.7 Å². The summed E-state index contributed by atoms with van der Waals surface area (Å²) in [7, 11) is 0. The Bertz CT molecular complexity index is 858. The van der Waals surface area contributed by atoms with Crippen molar-refractivity contribution in [1.29, 1.82) is 0 Å². The van der Waals surface area contributed by atoms with Crippen LogP contribution < -0.4 is 10.1 Å². The summed E-state index contributed by atoms with van der Waals surface area (Å²) in [5, 5.41) is 12.4. The first-order valence-corrected chi connectivity index (χ1v) is 12.0. The van der Waals surface area contributed by atoms with Crippen molar-refractivity contribution < 1.29 is 14.3 Å². The van der Waals surface area contributed by atoms with E-state index in [1.807, 2.05) is 4.90 Å². The molecule has 2 atom stereocenters. The molecular weight excluding hydrogens is 412 g/mol. The van der Waals surface area contributed by atoms with E-state index in [0.29, 0.717) is 16.4 Å². The fourth-order valence-electron chi connectivity index (χ4n) is 3.94. The number of anilines is 1. The Balaban J connectivity index is 1.49. The van der Waals surface area contributed by atoms with Gasteiger partial charge in [-0.05, 0) is 63.8 Å². The smallest absolute Gasteiger partial charge is 0.260 e. The SMILES string of the molecule is CCCCCc1nnc(NC(=O)c2ccc(OCC(=O)N3C(C)CCCC3C)cc2)s1. The van der Waals surface area contributed by atoms with Gasteiger partial charge in [-0.25, -0.2) is 0 Å². The largest absolute Gasteiger partial charge is 0.484 e. The van der Waals surface area contributed by atoms with Crippen LogP contribution in [0.4, 0.5) is 5.13 Å². The maximum absolute atomic E-state index is 12.6. The molecule has 0 saturated carbocycles. The Morgan fingerprint density at radius 2 is 1.84 bits per heavy atom. The van der Waals surface area contributed by atoms with Crippen molar-refractivity contribution in [3.63, 3.8) is 0 Å². The van der Waals surface area contributed by atoms with Gasteiger partial charge in [0.1, 0.15) is 10.8 Å². The average molecular weight is 445 g/mol. The summed E-state index contributed by atoms with van der Waals surface area (Å²) >= 11 is 1.41. The van der Waals surface area contributed by atoms with Crippen LogP contribution in [0.3, 0.4) is 0 Å². The van der Waals surface area contributed by atoms with Crippen LogP contribution in [0, 0.1) is 0 Å². The minimum absolute atomic E-state index is 0.00577. The van der Waals surface area contributed by atoms with Crippen molar-refractivity contribution in [3.8, 4) is 5.75 Å². The Morgan fingerprint density at radius 1 is 1.13 bits per heavy atom. The van der Waals surface area contributed by atoms with Crippen molar-refractivity contribution in [1.82, 2.24) is 15.1 Å². The second-order valence-corrected chi connectivity index (χ2v) is 9.22. The highest BCUT2D eigenvalue weighted by molar-refractivity contribution is 7.15. The number of carbonyl (C=O) groups is 2. The topological polar surface area (TPSA) is 84.4 Å². The Morgan fingerprint density at radius 3 is 2.52 bits per heavy atom. The number of hydrogen-bond donors (Lipinski definition) is 1. The second kappa shape index (κ2) is 11.2. The maximum Gasteiger partial charge on any atom is 0.260 e. The van der Waals surface area contributed by atoms with Crippen LogP contribution in [-0.4, -0.2) is 45.6 Å². The number of benzene rings is 1. The molecule has 2 aromatic rings. The molecule has 1 fully saturated rings. The summed E-state index contributed by atoms with van der Waals surface area (Å²) in [6, 6.07) is 7.29. The molecule has 1 aliphatic heterocycles. The number of ether oxygens (including phenoxy) is 1. The van der Waals surface area contributed by atoms with Crippen molar-refractivity contribution >= 4 is 28.3 Å². The van der Waals surface area contributed by atoms with E-state index in [-0.39, 0.29) is 30.5 Å². The molecule has 1 N–H and O–H groups in total. The molecule has 0 radical (unpaired) electrons. The lowest BCUT2D eigenvalue weighted by Crippen LogP contribution is -2.49. The summed E-state index contributed by atoms with van der Waals surface area (Å²) < 4.78 is 5.68. The van der Waals surface area contributed by atoms with Crippen molar-refractivity contribution in [2.24, 2.45) is 0 Å². The van der Waals surface area contributed by atoms with Gasteiger partial charge in [-0.3, -0.25) is 14.9 Å². The molecule has 3 rings (SSSR count). The van der Waals surface area contributed by atoms with Crippen molar-refractivity contribution in [3.05, 3.63) is 34.8 Å². The summed E-state index contributed by atoms with van der Waals surface area (Å²) in [6.45, 7) is 6.35. The first kappa shape index (κ1) is 23.2. The Labute approximate surface area is 188 Å². The lowest BCUT2D eigenvalue weighted by Gasteiger charge is -2.38. The number of rotatable bonds is 9. The third kappa shape index (κ3) is 6.50. The standard InChI is InChI=1S/C23H32N4O3S/c1-4-5-6-10-20-25-26-23(31-20)24-22(29)18-11-13-19(14-12-18)30-15-21(28)27-16(2)8-7-9-17(27)3/h11-14,16-17H,4-10,15H2,1-3H3,(H,24,26,29). The number of amides is 2. The molecule has 8 heteroatoms. The third-order valence-electron chi connectivity index (χ3n) is 5.64. The average Bonchev–Trinajstić information content (AvgIpc) is 3.20. The lowest BCUT2D eigenvalue weighted by molar-refractivity contribution is -0.139. The molecule has 0 bridgehead atoms. The van der Waals surface area contributed by atoms with Crippen molar-refractivity contribution in [2.45, 2.75) is 77.8 Å². The van der Waals surface area contributed by atoms with Gasteiger partial charge in [0.15, 0.2) is 6.61 Å². The number of unbranched alkanes of at least 4 members (excludes halogenated alkanes) is 2. The van der Waals surface area contributed by atoms with Crippen LogP contribution in [0.15, 0.2) is 24.3 Å². The van der Waals surface area contributed by atoms with Gasteiger partial charge in [0.25, 0.3) is 11.8 Å². The fourth-order valence-corrected chi connectivity index (χ4v) is 4.71. The van der Waals surface area contributed by atoms with E-state index >= 15 is 0 Å². The fraction of sp³-hybridized carbons (Fsp3) is 0.565. The number of aryl methyl sites for hydroxylation is 1. The third-order valence-corrected chi connectivity index (χ3v) is 6.54. The number of carbonyl (C=O) groups excluding carboxylic acids is 2. The van der Waals surface area contributed by atoms with E-state index in [0.717, 1.165) is 50.0 Å². The molecule has 7 nitrogen and oxygen atoms in total. The van der Waals surface area contributed by atoms with Gasteiger partial charge in [0.05, 0.1) is 0 Å². The quantitative estimate of drug-likeness (QED) is 0.567. The normalized spacial score (nSPS) is 18.6. The minimum Gasteiger partial charge on any atom is -0.484 e. The molecule has 2 amide bonds. The van der Waals surface area contributed by atoms with E-state index in [1.165, 1.54) is 11.3 Å². The molecular formula is C23H32N4O3S. The van der Waals surface area contributed by atoms with Gasteiger partial charge in [-0.2, -0.15) is 0 Å². The predicted octanol–water partition coefficient (Wildman–Crippen LogP) is 4.69. The zero-order chi connectivity index (χ0) is 22.2. The highest BCUT2D eigenvalue weighted by Gasteiger charge is 2.29. The van der Waals surface area contributed by atoms with Crippen LogP contribution in [0.2, 0.25) is 0 Å². The van der Waals surface area contributed by atoms with Gasteiger partial charge in [0.2, 0.25) is 5.13 Å². The zero-order valence-electron chi connectivity index (χ0n) is 18.6. The van der Waals surface area contributed by atoms with E-state index in [1.54, 1.807) is 24.3 Å². The molecule has 1 aliphatic rings. The maximum atomic E-state index is 12.6. The molecule has 1 aromatic carbocycles. The van der Waals surface area contributed by atoms with Crippen LogP contribution in [-0.2, 0) is 11.2 Å². The summed E-state index contributed by atoms with van der Waals surface area (Å²) in [5.74, 6) is 0.332. The molecule has 1 saturated heterocycles. The number of piperidine rings is 1.